The normalized spacial score (nSPS) is 24.3. The minimum Gasteiger partial charge on any atom is -0.465 e. The Kier molecular flexibility index (Phi) is 3.21. The number of hydrogen-bond donors (Lipinski definition) is 0. The van der Waals surface area contributed by atoms with Gasteiger partial charge in [0.15, 0.2) is 5.41 Å². The standard InChI is InChI=1S/C13H12N2O4/c1-2-19-12(16)13(8-14)7-11(13)9-3-5-10(6-4-9)15(17)18/h3-6,11H,2,7H2,1H3. The van der Waals surface area contributed by atoms with Crippen LogP contribution in [0.15, 0.2) is 24.3 Å². The smallest absolute Gasteiger partial charge is 0.327 e. The van der Waals surface area contributed by atoms with Crippen molar-refractivity contribution in [1.29, 1.82) is 5.26 Å². The van der Waals surface area contributed by atoms with Crippen molar-refractivity contribution < 1.29 is 14.5 Å². The molecule has 0 N–H and O–H groups in total. The maximum Gasteiger partial charge on any atom is 0.327 e. The molecule has 0 bridgehead atoms. The second kappa shape index (κ2) is 4.69. The van der Waals surface area contributed by atoms with Gasteiger partial charge in [-0.1, -0.05) is 12.1 Å². The molecule has 1 aromatic carbocycles. The Labute approximate surface area is 109 Å². The van der Waals surface area contributed by atoms with Gasteiger partial charge in [-0.2, -0.15) is 5.26 Å². The van der Waals surface area contributed by atoms with Crippen LogP contribution in [-0.2, 0) is 9.53 Å². The highest BCUT2D eigenvalue weighted by Gasteiger charge is 2.63. The summed E-state index contributed by atoms with van der Waals surface area (Å²) >= 11 is 0. The molecule has 2 unspecified atom stereocenters. The van der Waals surface area contributed by atoms with Gasteiger partial charge in [-0.25, -0.2) is 0 Å². The Morgan fingerprint density at radius 1 is 1.58 bits per heavy atom. The number of non-ortho nitro benzene ring substituents is 1. The molecule has 6 heteroatoms. The van der Waals surface area contributed by atoms with Crippen LogP contribution in [0, 0.1) is 26.9 Å². The molecule has 1 aliphatic carbocycles. The van der Waals surface area contributed by atoms with E-state index < -0.39 is 16.3 Å². The van der Waals surface area contributed by atoms with Crippen LogP contribution in [0.25, 0.3) is 0 Å². The molecule has 0 saturated heterocycles. The number of nitro benzene ring substituents is 1. The van der Waals surface area contributed by atoms with E-state index in [-0.39, 0.29) is 18.2 Å². The predicted molar refractivity (Wildman–Crippen MR) is 65.1 cm³/mol. The van der Waals surface area contributed by atoms with Gasteiger partial charge >= 0.3 is 5.97 Å². The number of nitrogens with zero attached hydrogens (tertiary/aromatic N) is 2. The lowest BCUT2D eigenvalue weighted by molar-refractivity contribution is -0.384. The summed E-state index contributed by atoms with van der Waals surface area (Å²) in [5, 5.41) is 19.7. The molecule has 2 atom stereocenters. The van der Waals surface area contributed by atoms with Crippen LogP contribution in [0.3, 0.4) is 0 Å². The maximum absolute atomic E-state index is 11.8. The lowest BCUT2D eigenvalue weighted by Crippen LogP contribution is -2.19. The second-order valence-corrected chi connectivity index (χ2v) is 4.41. The van der Waals surface area contributed by atoms with Gasteiger partial charge in [0.1, 0.15) is 0 Å². The van der Waals surface area contributed by atoms with E-state index in [1.165, 1.54) is 12.1 Å². The fraction of sp³-hybridized carbons (Fsp3) is 0.385. The summed E-state index contributed by atoms with van der Waals surface area (Å²) < 4.78 is 4.90. The van der Waals surface area contributed by atoms with Crippen molar-refractivity contribution in [3.63, 3.8) is 0 Å². The first-order valence-corrected chi connectivity index (χ1v) is 5.88. The first-order valence-electron chi connectivity index (χ1n) is 5.88. The quantitative estimate of drug-likeness (QED) is 0.469. The van der Waals surface area contributed by atoms with Gasteiger partial charge in [0.25, 0.3) is 5.69 Å². The monoisotopic (exact) mass is 260 g/mol. The number of benzene rings is 1. The van der Waals surface area contributed by atoms with E-state index in [9.17, 15) is 14.9 Å². The molecule has 1 aromatic rings. The Balaban J connectivity index is 2.19. The molecule has 1 aliphatic rings. The van der Waals surface area contributed by atoms with Gasteiger partial charge in [0.2, 0.25) is 0 Å². The average Bonchev–Trinajstić information content (AvgIpc) is 3.15. The highest BCUT2D eigenvalue weighted by atomic mass is 16.6. The zero-order chi connectivity index (χ0) is 14.0. The highest BCUT2D eigenvalue weighted by Crippen LogP contribution is 2.59. The molecule has 0 amide bonds. The number of rotatable bonds is 4. The zero-order valence-electron chi connectivity index (χ0n) is 10.3. The van der Waals surface area contributed by atoms with Crippen molar-refractivity contribution in [1.82, 2.24) is 0 Å². The van der Waals surface area contributed by atoms with Crippen LogP contribution >= 0.6 is 0 Å². The molecule has 98 valence electrons. The van der Waals surface area contributed by atoms with Crippen LogP contribution in [0.1, 0.15) is 24.8 Å². The van der Waals surface area contributed by atoms with E-state index in [2.05, 4.69) is 0 Å². The SMILES string of the molecule is CCOC(=O)C1(C#N)CC1c1ccc([N+](=O)[O-])cc1. The summed E-state index contributed by atoms with van der Waals surface area (Å²) in [6.07, 6.45) is 0.403. The lowest BCUT2D eigenvalue weighted by atomic mass is 10.0. The summed E-state index contributed by atoms with van der Waals surface area (Å²) in [4.78, 5) is 21.8. The van der Waals surface area contributed by atoms with Crippen molar-refractivity contribution in [3.05, 3.63) is 39.9 Å². The molecule has 1 saturated carbocycles. The Morgan fingerprint density at radius 2 is 2.21 bits per heavy atom. The third-order valence-corrected chi connectivity index (χ3v) is 3.31. The van der Waals surface area contributed by atoms with E-state index in [4.69, 9.17) is 10.00 Å². The van der Waals surface area contributed by atoms with Crippen LogP contribution in [0.5, 0.6) is 0 Å². The van der Waals surface area contributed by atoms with Gasteiger partial charge in [-0.05, 0) is 18.9 Å². The average molecular weight is 260 g/mol. The number of esters is 1. The molecule has 0 radical (unpaired) electrons. The first-order chi connectivity index (χ1) is 9.05. The molecule has 0 aliphatic heterocycles. The summed E-state index contributed by atoms with van der Waals surface area (Å²) in [5.41, 5.74) is -0.380. The number of nitriles is 1. The van der Waals surface area contributed by atoms with Crippen LogP contribution in [0.2, 0.25) is 0 Å². The third-order valence-electron chi connectivity index (χ3n) is 3.31. The Morgan fingerprint density at radius 3 is 2.68 bits per heavy atom. The van der Waals surface area contributed by atoms with Gasteiger partial charge in [0.05, 0.1) is 17.6 Å². The number of nitro groups is 1. The number of carbonyl (C=O) groups is 1. The summed E-state index contributed by atoms with van der Waals surface area (Å²) in [7, 11) is 0. The molecule has 2 rings (SSSR count). The number of hydrogen-bond acceptors (Lipinski definition) is 5. The van der Waals surface area contributed by atoms with Crippen LogP contribution < -0.4 is 0 Å². The van der Waals surface area contributed by atoms with Crippen molar-refractivity contribution in [2.45, 2.75) is 19.3 Å². The van der Waals surface area contributed by atoms with E-state index in [1.54, 1.807) is 19.1 Å². The molecular weight excluding hydrogens is 248 g/mol. The molecule has 6 nitrogen and oxygen atoms in total. The van der Waals surface area contributed by atoms with E-state index in [0.29, 0.717) is 6.42 Å². The molecule has 1 fully saturated rings. The van der Waals surface area contributed by atoms with Crippen molar-refractivity contribution in [2.24, 2.45) is 5.41 Å². The number of ether oxygens (including phenoxy) is 1. The molecule has 0 heterocycles. The van der Waals surface area contributed by atoms with E-state index >= 15 is 0 Å². The lowest BCUT2D eigenvalue weighted by Gasteiger charge is -2.07. The maximum atomic E-state index is 11.8. The minimum absolute atomic E-state index is 0.0110. The predicted octanol–water partition coefficient (Wildman–Crippen LogP) is 2.16. The summed E-state index contributed by atoms with van der Waals surface area (Å²) in [6.45, 7) is 1.92. The summed E-state index contributed by atoms with van der Waals surface area (Å²) in [6, 6.07) is 7.94. The van der Waals surface area contributed by atoms with E-state index in [0.717, 1.165) is 5.56 Å². The largest absolute Gasteiger partial charge is 0.465 e. The van der Waals surface area contributed by atoms with Gasteiger partial charge in [-0.3, -0.25) is 14.9 Å². The van der Waals surface area contributed by atoms with Gasteiger partial charge in [0, 0.05) is 18.1 Å². The van der Waals surface area contributed by atoms with Crippen LogP contribution in [0.4, 0.5) is 5.69 Å². The second-order valence-electron chi connectivity index (χ2n) is 4.41. The minimum atomic E-state index is -1.12. The highest BCUT2D eigenvalue weighted by molar-refractivity contribution is 5.85. The van der Waals surface area contributed by atoms with Gasteiger partial charge in [-0.15, -0.1) is 0 Å². The fourth-order valence-electron chi connectivity index (χ4n) is 2.15. The summed E-state index contributed by atoms with van der Waals surface area (Å²) in [5.74, 6) is -0.752. The Bertz CT molecular complexity index is 561. The number of carbonyl (C=O) groups excluding carboxylic acids is 1. The molecule has 19 heavy (non-hydrogen) atoms. The van der Waals surface area contributed by atoms with Crippen molar-refractivity contribution in [2.75, 3.05) is 6.61 Å². The fourth-order valence-corrected chi connectivity index (χ4v) is 2.15. The van der Waals surface area contributed by atoms with Crippen molar-refractivity contribution >= 4 is 11.7 Å². The third kappa shape index (κ3) is 2.15. The first kappa shape index (κ1) is 13.0. The van der Waals surface area contributed by atoms with Gasteiger partial charge < -0.3 is 4.74 Å². The molecule has 0 spiro atoms. The molecule has 0 aromatic heterocycles. The molecular formula is C13H12N2O4. The zero-order valence-corrected chi connectivity index (χ0v) is 10.3. The Hall–Kier alpha value is -2.42. The van der Waals surface area contributed by atoms with E-state index in [1.807, 2.05) is 6.07 Å². The van der Waals surface area contributed by atoms with Crippen LogP contribution in [-0.4, -0.2) is 17.5 Å². The van der Waals surface area contributed by atoms with Crippen molar-refractivity contribution in [3.8, 4) is 6.07 Å². The topological polar surface area (TPSA) is 93.2 Å².